The Morgan fingerprint density at radius 2 is 1.48 bits per heavy atom. The lowest BCUT2D eigenvalue weighted by Gasteiger charge is -2.25. The van der Waals surface area contributed by atoms with Crippen molar-refractivity contribution in [2.24, 2.45) is 0 Å². The zero-order valence-electron chi connectivity index (χ0n) is 17.5. The molecule has 0 saturated heterocycles. The molecule has 5 nitrogen and oxygen atoms in total. The molecule has 0 radical (unpaired) electrons. The van der Waals surface area contributed by atoms with E-state index in [0.717, 1.165) is 16.0 Å². The highest BCUT2D eigenvalue weighted by Crippen LogP contribution is 2.40. The number of imide groups is 1. The van der Waals surface area contributed by atoms with Gasteiger partial charge in [0, 0.05) is 5.56 Å². The largest absolute Gasteiger partial charge is 0.490 e. The van der Waals surface area contributed by atoms with Gasteiger partial charge in [0.05, 0.1) is 16.8 Å². The van der Waals surface area contributed by atoms with Crippen LogP contribution in [0.3, 0.4) is 0 Å². The number of para-hydroxylation sites is 1. The van der Waals surface area contributed by atoms with Crippen LogP contribution in [-0.4, -0.2) is 24.0 Å². The van der Waals surface area contributed by atoms with E-state index in [1.807, 2.05) is 45.9 Å². The molecular weight excluding hydrogens is 411 g/mol. The Hall–Kier alpha value is -3.16. The number of anilines is 1. The third-order valence-electron chi connectivity index (χ3n) is 5.16. The summed E-state index contributed by atoms with van der Waals surface area (Å²) in [4.78, 5) is 38.8. The average molecular weight is 433 g/mol. The van der Waals surface area contributed by atoms with E-state index in [1.165, 1.54) is 18.2 Å². The van der Waals surface area contributed by atoms with E-state index in [9.17, 15) is 27.6 Å². The Kier molecular flexibility index (Phi) is 5.93. The fourth-order valence-electron chi connectivity index (χ4n) is 3.67. The predicted octanol–water partition coefficient (Wildman–Crippen LogP) is 5.34. The van der Waals surface area contributed by atoms with Crippen LogP contribution in [0.4, 0.5) is 18.9 Å². The van der Waals surface area contributed by atoms with E-state index in [2.05, 4.69) is 4.74 Å². The van der Waals surface area contributed by atoms with Gasteiger partial charge in [-0.15, -0.1) is 0 Å². The number of carbonyl (C=O) groups is 3. The minimum atomic E-state index is -5.15. The fraction of sp³-hybridized carbons (Fsp3) is 0.348. The molecule has 3 rings (SSSR count). The van der Waals surface area contributed by atoms with Crippen LogP contribution in [0.2, 0.25) is 0 Å². The number of halogens is 3. The number of alkyl halides is 3. The number of hydrogen-bond donors (Lipinski definition) is 0. The molecule has 0 unspecified atom stereocenters. The van der Waals surface area contributed by atoms with Gasteiger partial charge in [0.15, 0.2) is 0 Å². The number of rotatable bonds is 5. The average Bonchev–Trinajstić information content (AvgIpc) is 2.95. The number of fused-ring (bicyclic) bond motifs is 1. The third kappa shape index (κ3) is 4.06. The number of carbonyl (C=O) groups excluding carboxylic acids is 3. The van der Waals surface area contributed by atoms with E-state index < -0.39 is 30.6 Å². The number of esters is 1. The summed E-state index contributed by atoms with van der Waals surface area (Å²) >= 11 is 0. The molecule has 0 saturated carbocycles. The van der Waals surface area contributed by atoms with Gasteiger partial charge in [0.2, 0.25) is 0 Å². The van der Waals surface area contributed by atoms with Crippen LogP contribution >= 0.6 is 0 Å². The quantitative estimate of drug-likeness (QED) is 0.472. The van der Waals surface area contributed by atoms with Crippen LogP contribution in [-0.2, 0) is 16.1 Å². The van der Waals surface area contributed by atoms with E-state index >= 15 is 0 Å². The molecular formula is C23H22F3NO4. The van der Waals surface area contributed by atoms with Gasteiger partial charge in [0.1, 0.15) is 6.61 Å². The van der Waals surface area contributed by atoms with Gasteiger partial charge in [-0.05, 0) is 29.0 Å². The maximum Gasteiger partial charge on any atom is 0.490 e. The minimum Gasteiger partial charge on any atom is -0.454 e. The Morgan fingerprint density at radius 1 is 0.935 bits per heavy atom. The lowest BCUT2D eigenvalue weighted by molar-refractivity contribution is -0.201. The molecule has 0 bridgehead atoms. The number of benzene rings is 2. The summed E-state index contributed by atoms with van der Waals surface area (Å²) in [6.07, 6.45) is -5.15. The predicted molar refractivity (Wildman–Crippen MR) is 108 cm³/mol. The van der Waals surface area contributed by atoms with Gasteiger partial charge in [-0.3, -0.25) is 9.59 Å². The molecule has 2 aromatic carbocycles. The zero-order valence-corrected chi connectivity index (χ0v) is 17.5. The first kappa shape index (κ1) is 22.5. The Morgan fingerprint density at radius 3 is 2.00 bits per heavy atom. The molecule has 0 aliphatic carbocycles. The summed E-state index contributed by atoms with van der Waals surface area (Å²) in [6, 6.07) is 9.83. The summed E-state index contributed by atoms with van der Waals surface area (Å²) in [5.41, 5.74) is 2.19. The minimum absolute atomic E-state index is 0.0187. The van der Waals surface area contributed by atoms with Crippen molar-refractivity contribution in [3.05, 3.63) is 64.2 Å². The standard InChI is InChI=1S/C23H22F3NO4/c1-12(2)15-8-6-9-16(13(3)4)19(15)27-20(28)17-10-5-7-14(18(17)21(27)29)11-31-22(30)23(24,25)26/h5-10,12-13H,11H2,1-4H3. The van der Waals surface area contributed by atoms with E-state index in [1.54, 1.807) is 0 Å². The maximum absolute atomic E-state index is 13.4. The second kappa shape index (κ2) is 8.17. The Labute approximate surface area is 177 Å². The fourth-order valence-corrected chi connectivity index (χ4v) is 3.67. The normalized spacial score (nSPS) is 13.9. The lowest BCUT2D eigenvalue weighted by Crippen LogP contribution is -2.32. The lowest BCUT2D eigenvalue weighted by atomic mass is 9.92. The van der Waals surface area contributed by atoms with Crippen LogP contribution in [0.25, 0.3) is 0 Å². The van der Waals surface area contributed by atoms with E-state index in [0.29, 0.717) is 5.69 Å². The van der Waals surface area contributed by atoms with Gasteiger partial charge in [-0.1, -0.05) is 58.0 Å². The van der Waals surface area contributed by atoms with Crippen LogP contribution in [0.1, 0.15) is 76.9 Å². The molecule has 0 aromatic heterocycles. The van der Waals surface area contributed by atoms with Crippen molar-refractivity contribution in [2.45, 2.75) is 52.3 Å². The number of hydrogen-bond acceptors (Lipinski definition) is 4. The monoisotopic (exact) mass is 433 g/mol. The first-order chi connectivity index (χ1) is 14.4. The van der Waals surface area contributed by atoms with Crippen molar-refractivity contribution < 1.29 is 32.3 Å². The molecule has 2 amide bonds. The zero-order chi connectivity index (χ0) is 23.1. The van der Waals surface area contributed by atoms with Crippen molar-refractivity contribution in [1.29, 1.82) is 0 Å². The highest BCUT2D eigenvalue weighted by Gasteiger charge is 2.43. The van der Waals surface area contributed by atoms with Gasteiger partial charge in [-0.2, -0.15) is 13.2 Å². The molecule has 0 atom stereocenters. The van der Waals surface area contributed by atoms with Gasteiger partial charge >= 0.3 is 12.1 Å². The first-order valence-electron chi connectivity index (χ1n) is 9.82. The highest BCUT2D eigenvalue weighted by atomic mass is 19.4. The maximum atomic E-state index is 13.4. The van der Waals surface area contributed by atoms with Crippen molar-refractivity contribution >= 4 is 23.5 Å². The van der Waals surface area contributed by atoms with Crippen LogP contribution in [0.15, 0.2) is 36.4 Å². The second-order valence-corrected chi connectivity index (χ2v) is 7.95. The van der Waals surface area contributed by atoms with Crippen molar-refractivity contribution in [3.8, 4) is 0 Å². The topological polar surface area (TPSA) is 63.7 Å². The molecule has 0 fully saturated rings. The van der Waals surface area contributed by atoms with E-state index in [4.69, 9.17) is 0 Å². The molecule has 2 aromatic rings. The van der Waals surface area contributed by atoms with Crippen molar-refractivity contribution in [3.63, 3.8) is 0 Å². The Balaban J connectivity index is 2.08. The smallest absolute Gasteiger partial charge is 0.454 e. The molecule has 1 aliphatic rings. The summed E-state index contributed by atoms with van der Waals surface area (Å²) in [7, 11) is 0. The Bertz CT molecular complexity index is 1030. The van der Waals surface area contributed by atoms with E-state index in [-0.39, 0.29) is 28.5 Å². The summed E-state index contributed by atoms with van der Waals surface area (Å²) in [6.45, 7) is 7.02. The highest BCUT2D eigenvalue weighted by molar-refractivity contribution is 6.35. The summed E-state index contributed by atoms with van der Waals surface area (Å²) in [5, 5.41) is 0. The molecule has 31 heavy (non-hydrogen) atoms. The van der Waals surface area contributed by atoms with Crippen molar-refractivity contribution in [1.82, 2.24) is 0 Å². The SMILES string of the molecule is CC(C)c1cccc(C(C)C)c1N1C(=O)c2cccc(COC(=O)C(F)(F)F)c2C1=O. The summed E-state index contributed by atoms with van der Waals surface area (Å²) in [5.74, 6) is -3.52. The number of amides is 2. The van der Waals surface area contributed by atoms with Crippen molar-refractivity contribution in [2.75, 3.05) is 4.90 Å². The molecule has 164 valence electrons. The molecule has 0 N–H and O–H groups in total. The molecule has 0 spiro atoms. The number of nitrogens with zero attached hydrogens (tertiary/aromatic N) is 1. The van der Waals surface area contributed by atoms with Crippen LogP contribution < -0.4 is 4.90 Å². The van der Waals surface area contributed by atoms with Gasteiger partial charge in [-0.25, -0.2) is 9.69 Å². The second-order valence-electron chi connectivity index (χ2n) is 7.95. The number of ether oxygens (including phenoxy) is 1. The van der Waals surface area contributed by atoms with Gasteiger partial charge < -0.3 is 4.74 Å². The first-order valence-corrected chi connectivity index (χ1v) is 9.82. The molecule has 1 heterocycles. The molecule has 1 aliphatic heterocycles. The molecule has 8 heteroatoms. The van der Waals surface area contributed by atoms with Crippen LogP contribution in [0, 0.1) is 0 Å². The summed E-state index contributed by atoms with van der Waals surface area (Å²) < 4.78 is 41.8. The van der Waals surface area contributed by atoms with Crippen LogP contribution in [0.5, 0.6) is 0 Å². The third-order valence-corrected chi connectivity index (χ3v) is 5.16. The van der Waals surface area contributed by atoms with Gasteiger partial charge in [0.25, 0.3) is 11.8 Å².